The molecule has 2 amide bonds. The van der Waals surface area contributed by atoms with Crippen molar-refractivity contribution in [3.63, 3.8) is 0 Å². The molecule has 0 N–H and O–H groups in total. The van der Waals surface area contributed by atoms with E-state index in [2.05, 4.69) is 0 Å². The van der Waals surface area contributed by atoms with Crippen LogP contribution >= 0.6 is 0 Å². The molecule has 0 aliphatic carbocycles. The number of amides is 2. The molecule has 1 heterocycles. The lowest BCUT2D eigenvalue weighted by atomic mass is 10.1. The summed E-state index contributed by atoms with van der Waals surface area (Å²) in [5, 5.41) is 8.74. The van der Waals surface area contributed by atoms with Crippen LogP contribution in [0.3, 0.4) is 0 Å². The number of hydrogen-bond acceptors (Lipinski definition) is 3. The summed E-state index contributed by atoms with van der Waals surface area (Å²) in [6.07, 6.45) is 0. The van der Waals surface area contributed by atoms with Crippen LogP contribution in [0.4, 0.5) is 0 Å². The zero-order valence-corrected chi connectivity index (χ0v) is 10.5. The number of rotatable bonds is 1. The summed E-state index contributed by atoms with van der Waals surface area (Å²) in [4.78, 5) is 25.8. The fourth-order valence-electron chi connectivity index (χ4n) is 2.26. The van der Waals surface area contributed by atoms with Gasteiger partial charge in [0, 0.05) is 11.1 Å². The Morgan fingerprint density at radius 3 is 2.45 bits per heavy atom. The summed E-state index contributed by atoms with van der Waals surface area (Å²) in [7, 11) is 0. The zero-order chi connectivity index (χ0) is 14.1. The average Bonchev–Trinajstić information content (AvgIpc) is 2.84. The quantitative estimate of drug-likeness (QED) is 0.741. The number of nitrogens with zero attached hydrogens (tertiary/aromatic N) is 2. The van der Waals surface area contributed by atoms with Gasteiger partial charge < -0.3 is 0 Å². The molecule has 3 rings (SSSR count). The summed E-state index contributed by atoms with van der Waals surface area (Å²) < 4.78 is 0. The molecule has 0 saturated heterocycles. The third-order valence-electron chi connectivity index (χ3n) is 3.33. The molecule has 96 valence electrons. The number of carbonyl (C=O) groups is 2. The Labute approximate surface area is 115 Å². The van der Waals surface area contributed by atoms with Crippen LogP contribution in [0.5, 0.6) is 0 Å². The van der Waals surface area contributed by atoms with Crippen molar-refractivity contribution in [2.45, 2.75) is 6.54 Å². The molecular weight excluding hydrogens is 252 g/mol. The smallest absolute Gasteiger partial charge is 0.261 e. The van der Waals surface area contributed by atoms with Crippen LogP contribution in [0.25, 0.3) is 0 Å². The number of imide groups is 1. The second kappa shape index (κ2) is 4.63. The van der Waals surface area contributed by atoms with E-state index in [4.69, 9.17) is 5.26 Å². The van der Waals surface area contributed by atoms with Crippen molar-refractivity contribution in [1.82, 2.24) is 4.90 Å². The van der Waals surface area contributed by atoms with Crippen molar-refractivity contribution in [3.05, 3.63) is 70.8 Å². The summed E-state index contributed by atoms with van der Waals surface area (Å²) in [5.74, 6) is -0.606. The van der Waals surface area contributed by atoms with Gasteiger partial charge in [0.25, 0.3) is 11.8 Å². The molecule has 2 aromatic carbocycles. The first-order chi connectivity index (χ1) is 9.70. The molecule has 0 atom stereocenters. The molecule has 0 radical (unpaired) electrons. The van der Waals surface area contributed by atoms with Crippen LogP contribution in [0, 0.1) is 11.3 Å². The maximum Gasteiger partial charge on any atom is 0.261 e. The molecule has 0 unspecified atom stereocenters. The molecule has 4 heteroatoms. The van der Waals surface area contributed by atoms with E-state index in [0.717, 1.165) is 5.56 Å². The van der Waals surface area contributed by atoms with Crippen molar-refractivity contribution in [1.29, 1.82) is 5.26 Å². The topological polar surface area (TPSA) is 61.2 Å². The summed E-state index contributed by atoms with van der Waals surface area (Å²) in [6.45, 7) is 0.299. The fraction of sp³-hybridized carbons (Fsp3) is 0.0625. The van der Waals surface area contributed by atoms with Crippen LogP contribution in [0.1, 0.15) is 31.8 Å². The molecule has 4 nitrogen and oxygen atoms in total. The molecule has 0 fully saturated rings. The molecule has 1 aliphatic rings. The lowest BCUT2D eigenvalue weighted by Crippen LogP contribution is -2.31. The van der Waals surface area contributed by atoms with E-state index in [1.165, 1.54) is 4.90 Å². The van der Waals surface area contributed by atoms with Crippen molar-refractivity contribution >= 4 is 11.8 Å². The molecule has 0 aromatic heterocycles. The van der Waals surface area contributed by atoms with Gasteiger partial charge in [0.15, 0.2) is 0 Å². The molecule has 0 saturated carbocycles. The van der Waals surface area contributed by atoms with E-state index >= 15 is 0 Å². The Bertz CT molecular complexity index is 742. The average molecular weight is 262 g/mol. The maximum atomic E-state index is 12.3. The van der Waals surface area contributed by atoms with Crippen molar-refractivity contribution in [2.24, 2.45) is 0 Å². The van der Waals surface area contributed by atoms with E-state index in [9.17, 15) is 9.59 Å². The maximum absolute atomic E-state index is 12.3. The van der Waals surface area contributed by atoms with Crippen molar-refractivity contribution < 1.29 is 9.59 Å². The van der Waals surface area contributed by atoms with E-state index in [1.807, 2.05) is 18.2 Å². The largest absolute Gasteiger partial charge is 0.270 e. The van der Waals surface area contributed by atoms with Gasteiger partial charge >= 0.3 is 0 Å². The molecule has 20 heavy (non-hydrogen) atoms. The summed E-state index contributed by atoms with van der Waals surface area (Å²) >= 11 is 0. The van der Waals surface area contributed by atoms with Gasteiger partial charge in [-0.15, -0.1) is 0 Å². The SMILES string of the molecule is N#Cc1ccc(C(=O)N2Cc3ccccc3C2=O)cc1. The lowest BCUT2D eigenvalue weighted by Gasteiger charge is -2.13. The molecular formula is C16H10N2O2. The highest BCUT2D eigenvalue weighted by atomic mass is 16.2. The predicted octanol–water partition coefficient (Wildman–Crippen LogP) is 2.35. The van der Waals surface area contributed by atoms with E-state index in [1.54, 1.807) is 36.4 Å². The molecule has 0 bridgehead atoms. The van der Waals surface area contributed by atoms with Crippen LogP contribution in [0.15, 0.2) is 48.5 Å². The van der Waals surface area contributed by atoms with Gasteiger partial charge in [0.2, 0.25) is 0 Å². The zero-order valence-electron chi connectivity index (χ0n) is 10.5. The number of nitriles is 1. The normalized spacial score (nSPS) is 12.9. The van der Waals surface area contributed by atoms with Crippen LogP contribution < -0.4 is 0 Å². The number of hydrogen-bond donors (Lipinski definition) is 0. The Morgan fingerprint density at radius 2 is 1.80 bits per heavy atom. The summed E-state index contributed by atoms with van der Waals surface area (Å²) in [5.41, 5.74) is 2.33. The first-order valence-corrected chi connectivity index (χ1v) is 6.15. The van der Waals surface area contributed by atoms with Crippen molar-refractivity contribution in [3.8, 4) is 6.07 Å². The highest BCUT2D eigenvalue weighted by molar-refractivity contribution is 6.12. The molecule has 1 aliphatic heterocycles. The number of fused-ring (bicyclic) bond motifs is 1. The third-order valence-corrected chi connectivity index (χ3v) is 3.33. The van der Waals surface area contributed by atoms with Crippen LogP contribution in [-0.2, 0) is 6.54 Å². The van der Waals surface area contributed by atoms with Gasteiger partial charge in [-0.3, -0.25) is 14.5 Å². The van der Waals surface area contributed by atoms with E-state index in [-0.39, 0.29) is 11.8 Å². The molecule has 2 aromatic rings. The van der Waals surface area contributed by atoms with Gasteiger partial charge in [0.05, 0.1) is 18.2 Å². The molecule has 0 spiro atoms. The van der Waals surface area contributed by atoms with E-state index in [0.29, 0.717) is 23.2 Å². The monoisotopic (exact) mass is 262 g/mol. The van der Waals surface area contributed by atoms with Gasteiger partial charge in [-0.05, 0) is 35.9 Å². The van der Waals surface area contributed by atoms with Gasteiger partial charge in [-0.1, -0.05) is 18.2 Å². The van der Waals surface area contributed by atoms with Crippen LogP contribution in [-0.4, -0.2) is 16.7 Å². The fourth-order valence-corrected chi connectivity index (χ4v) is 2.26. The Kier molecular flexibility index (Phi) is 2.81. The van der Waals surface area contributed by atoms with Crippen molar-refractivity contribution in [2.75, 3.05) is 0 Å². The first-order valence-electron chi connectivity index (χ1n) is 6.15. The minimum absolute atomic E-state index is 0.269. The van der Waals surface area contributed by atoms with Gasteiger partial charge in [0.1, 0.15) is 0 Å². The number of carbonyl (C=O) groups excluding carboxylic acids is 2. The Hall–Kier alpha value is -2.93. The lowest BCUT2D eigenvalue weighted by molar-refractivity contribution is 0.0631. The Morgan fingerprint density at radius 1 is 1.10 bits per heavy atom. The highest BCUT2D eigenvalue weighted by Gasteiger charge is 2.32. The highest BCUT2D eigenvalue weighted by Crippen LogP contribution is 2.24. The standard InChI is InChI=1S/C16H10N2O2/c17-9-11-5-7-12(8-6-11)15(19)18-10-13-3-1-2-4-14(13)16(18)20/h1-8H,10H2. The Balaban J connectivity index is 1.90. The summed E-state index contributed by atoms with van der Waals surface area (Å²) in [6, 6.07) is 15.5. The minimum atomic E-state index is -0.337. The second-order valence-corrected chi connectivity index (χ2v) is 4.54. The van der Waals surface area contributed by atoms with Gasteiger partial charge in [-0.25, -0.2) is 0 Å². The third kappa shape index (κ3) is 1.86. The second-order valence-electron chi connectivity index (χ2n) is 4.54. The van der Waals surface area contributed by atoms with Gasteiger partial charge in [-0.2, -0.15) is 5.26 Å². The van der Waals surface area contributed by atoms with Crippen LogP contribution in [0.2, 0.25) is 0 Å². The van der Waals surface area contributed by atoms with E-state index < -0.39 is 0 Å². The predicted molar refractivity (Wildman–Crippen MR) is 71.8 cm³/mol. The minimum Gasteiger partial charge on any atom is -0.270 e. The first kappa shape index (κ1) is 12.1. The number of benzene rings is 2.